The number of fused-ring (bicyclic) bond motifs is 1. The molecule has 0 aliphatic rings. The van der Waals surface area contributed by atoms with Gasteiger partial charge in [0.1, 0.15) is 5.65 Å². The molecule has 20 heavy (non-hydrogen) atoms. The lowest BCUT2D eigenvalue weighted by molar-refractivity contribution is 0.0169. The minimum atomic E-state index is -2.99. The van der Waals surface area contributed by atoms with Crippen molar-refractivity contribution in [2.24, 2.45) is 0 Å². The van der Waals surface area contributed by atoms with Crippen molar-refractivity contribution in [2.45, 2.75) is 46.5 Å². The van der Waals surface area contributed by atoms with E-state index in [1.54, 1.807) is 13.8 Å². The quantitative estimate of drug-likeness (QED) is 0.843. The van der Waals surface area contributed by atoms with Gasteiger partial charge >= 0.3 is 0 Å². The van der Waals surface area contributed by atoms with E-state index in [-0.39, 0.29) is 17.0 Å². The van der Waals surface area contributed by atoms with Crippen molar-refractivity contribution < 1.29 is 8.78 Å². The van der Waals surface area contributed by atoms with Crippen molar-refractivity contribution in [1.29, 1.82) is 0 Å². The zero-order chi connectivity index (χ0) is 15.2. The summed E-state index contributed by atoms with van der Waals surface area (Å²) in [6.07, 6.45) is 1.20. The smallest absolute Gasteiger partial charge is 0.269 e. The molecule has 0 atom stereocenters. The number of pyridine rings is 1. The minimum Gasteiger partial charge on any atom is -0.269 e. The summed E-state index contributed by atoms with van der Waals surface area (Å²) in [6, 6.07) is 1.45. The fraction of sp³-hybridized carbons (Fsp3) is 0.467. The number of hydrogen-bond acceptors (Lipinski definition) is 2. The summed E-state index contributed by atoms with van der Waals surface area (Å²) in [7, 11) is 0. The van der Waals surface area contributed by atoms with Crippen LogP contribution in [0.3, 0.4) is 0 Å². The Labute approximate surface area is 116 Å². The summed E-state index contributed by atoms with van der Waals surface area (Å²) in [5.74, 6) is -2.99. The first kappa shape index (κ1) is 14.6. The molecule has 0 aliphatic heterocycles. The average Bonchev–Trinajstić information content (AvgIpc) is 2.33. The zero-order valence-electron chi connectivity index (χ0n) is 12.3. The molecule has 0 radical (unpaired) electrons. The highest BCUT2D eigenvalue weighted by Gasteiger charge is 2.27. The van der Waals surface area contributed by atoms with Crippen LogP contribution in [0.4, 0.5) is 8.78 Å². The number of alkyl halides is 2. The molecule has 2 aromatic heterocycles. The Kier molecular flexibility index (Phi) is 3.40. The topological polar surface area (TPSA) is 34.4 Å². The first-order valence-corrected chi connectivity index (χ1v) is 6.54. The number of nitrogens with zero attached hydrogens (tertiary/aromatic N) is 2. The van der Waals surface area contributed by atoms with Gasteiger partial charge in [0.2, 0.25) is 0 Å². The molecule has 0 spiro atoms. The van der Waals surface area contributed by atoms with Crippen LogP contribution in [0.2, 0.25) is 0 Å². The lowest BCUT2D eigenvalue weighted by Crippen LogP contribution is -2.22. The molecule has 108 valence electrons. The largest absolute Gasteiger partial charge is 0.271 e. The summed E-state index contributed by atoms with van der Waals surface area (Å²) >= 11 is 0. The van der Waals surface area contributed by atoms with Crippen molar-refractivity contribution in [1.82, 2.24) is 9.38 Å². The fourth-order valence-electron chi connectivity index (χ4n) is 2.12. The number of rotatable bonds is 2. The van der Waals surface area contributed by atoms with Crippen molar-refractivity contribution in [3.63, 3.8) is 0 Å². The van der Waals surface area contributed by atoms with Crippen LogP contribution in [0, 0.1) is 13.8 Å². The molecule has 2 rings (SSSR count). The van der Waals surface area contributed by atoms with Gasteiger partial charge in [0, 0.05) is 29.9 Å². The number of aromatic nitrogens is 2. The molecule has 0 amide bonds. The summed E-state index contributed by atoms with van der Waals surface area (Å²) in [5.41, 5.74) is 1.77. The molecule has 0 fully saturated rings. The van der Waals surface area contributed by atoms with Gasteiger partial charge in [-0.1, -0.05) is 13.8 Å². The van der Waals surface area contributed by atoms with Crippen LogP contribution in [-0.4, -0.2) is 9.38 Å². The Balaban J connectivity index is 2.98. The fourth-order valence-corrected chi connectivity index (χ4v) is 2.12. The maximum Gasteiger partial charge on any atom is 0.271 e. The average molecular weight is 280 g/mol. The molecule has 5 heteroatoms. The van der Waals surface area contributed by atoms with Gasteiger partial charge in [0.15, 0.2) is 0 Å². The predicted octanol–water partition coefficient (Wildman–Crippen LogP) is 3.55. The van der Waals surface area contributed by atoms with Crippen LogP contribution in [0.25, 0.3) is 5.65 Å². The standard InChI is InChI=1S/C15H18F2N2O/c1-8(2)12-6-11(15(5,16)17)7-19-13(12)18-10(4)9(3)14(19)20/h6-8H,1-5H3. The second-order valence-corrected chi connectivity index (χ2v) is 5.55. The van der Waals surface area contributed by atoms with Crippen LogP contribution in [0.15, 0.2) is 17.1 Å². The molecule has 0 aromatic carbocycles. The van der Waals surface area contributed by atoms with E-state index in [0.717, 1.165) is 6.92 Å². The normalized spacial score (nSPS) is 12.4. The summed E-state index contributed by atoms with van der Waals surface area (Å²) in [6.45, 7) is 8.03. The van der Waals surface area contributed by atoms with E-state index < -0.39 is 5.92 Å². The summed E-state index contributed by atoms with van der Waals surface area (Å²) < 4.78 is 28.4. The number of hydrogen-bond donors (Lipinski definition) is 0. The van der Waals surface area contributed by atoms with E-state index in [9.17, 15) is 13.6 Å². The Morgan fingerprint density at radius 1 is 1.30 bits per heavy atom. The van der Waals surface area contributed by atoms with Gasteiger partial charge in [0.25, 0.3) is 11.5 Å². The van der Waals surface area contributed by atoms with Crippen molar-refractivity contribution in [2.75, 3.05) is 0 Å². The van der Waals surface area contributed by atoms with Crippen molar-refractivity contribution in [3.05, 3.63) is 45.0 Å². The lowest BCUT2D eigenvalue weighted by atomic mass is 10.0. The van der Waals surface area contributed by atoms with Crippen molar-refractivity contribution >= 4 is 5.65 Å². The third-order valence-corrected chi connectivity index (χ3v) is 3.55. The van der Waals surface area contributed by atoms with E-state index in [1.165, 1.54) is 16.7 Å². The van der Waals surface area contributed by atoms with Gasteiger partial charge < -0.3 is 0 Å². The van der Waals surface area contributed by atoms with Crippen molar-refractivity contribution in [3.8, 4) is 0 Å². The SMILES string of the molecule is Cc1nc2c(C(C)C)cc(C(C)(F)F)cn2c(=O)c1C. The Morgan fingerprint density at radius 3 is 2.40 bits per heavy atom. The molecular formula is C15H18F2N2O. The monoisotopic (exact) mass is 280 g/mol. The minimum absolute atomic E-state index is 0.00121. The van der Waals surface area contributed by atoms with Gasteiger partial charge in [-0.25, -0.2) is 13.8 Å². The molecule has 2 heterocycles. The van der Waals surface area contributed by atoms with Crippen LogP contribution >= 0.6 is 0 Å². The van der Waals surface area contributed by atoms with Crippen LogP contribution in [-0.2, 0) is 5.92 Å². The number of aryl methyl sites for hydroxylation is 1. The molecule has 0 unspecified atom stereocenters. The Morgan fingerprint density at radius 2 is 1.90 bits per heavy atom. The molecular weight excluding hydrogens is 262 g/mol. The molecule has 0 bridgehead atoms. The highest BCUT2D eigenvalue weighted by molar-refractivity contribution is 5.52. The Hall–Kier alpha value is -1.78. The lowest BCUT2D eigenvalue weighted by Gasteiger charge is -2.17. The summed E-state index contributed by atoms with van der Waals surface area (Å²) in [4.78, 5) is 16.7. The van der Waals surface area contributed by atoms with E-state index in [2.05, 4.69) is 4.98 Å². The number of halogens is 2. The third-order valence-electron chi connectivity index (χ3n) is 3.55. The van der Waals surface area contributed by atoms with E-state index >= 15 is 0 Å². The Bertz CT molecular complexity index is 727. The maximum absolute atomic E-state index is 13.6. The van der Waals surface area contributed by atoms with E-state index in [0.29, 0.717) is 22.5 Å². The first-order chi connectivity index (χ1) is 9.12. The van der Waals surface area contributed by atoms with Gasteiger partial charge in [-0.15, -0.1) is 0 Å². The molecule has 0 saturated carbocycles. The second kappa shape index (κ2) is 4.65. The van der Waals surface area contributed by atoms with Crippen LogP contribution in [0.5, 0.6) is 0 Å². The molecule has 0 aliphatic carbocycles. The highest BCUT2D eigenvalue weighted by Crippen LogP contribution is 2.30. The maximum atomic E-state index is 13.6. The third kappa shape index (κ3) is 2.32. The zero-order valence-corrected chi connectivity index (χ0v) is 12.3. The molecule has 3 nitrogen and oxygen atoms in total. The van der Waals surface area contributed by atoms with Gasteiger partial charge in [0.05, 0.1) is 0 Å². The molecule has 2 aromatic rings. The highest BCUT2D eigenvalue weighted by atomic mass is 19.3. The predicted molar refractivity (Wildman–Crippen MR) is 74.6 cm³/mol. The second-order valence-electron chi connectivity index (χ2n) is 5.55. The van der Waals surface area contributed by atoms with Gasteiger partial charge in [-0.2, -0.15) is 0 Å². The molecule has 0 saturated heterocycles. The van der Waals surface area contributed by atoms with Gasteiger partial charge in [-0.05, 0) is 31.4 Å². The summed E-state index contributed by atoms with van der Waals surface area (Å²) in [5, 5.41) is 0. The van der Waals surface area contributed by atoms with E-state index in [4.69, 9.17) is 0 Å². The van der Waals surface area contributed by atoms with E-state index in [1.807, 2.05) is 13.8 Å². The van der Waals surface area contributed by atoms with Crippen LogP contribution in [0.1, 0.15) is 49.1 Å². The van der Waals surface area contributed by atoms with Crippen LogP contribution < -0.4 is 5.56 Å². The molecule has 0 N–H and O–H groups in total. The first-order valence-electron chi connectivity index (χ1n) is 6.54. The van der Waals surface area contributed by atoms with Gasteiger partial charge in [-0.3, -0.25) is 9.20 Å².